The maximum Gasteiger partial charge on any atom is 0.274 e. The molecule has 2 aromatic carbocycles. The second-order valence-corrected chi connectivity index (χ2v) is 6.36. The van der Waals surface area contributed by atoms with Gasteiger partial charge in [0, 0.05) is 22.1 Å². The number of aryl methyl sites for hydroxylation is 2. The molecule has 0 bridgehead atoms. The number of nitriles is 1. The van der Waals surface area contributed by atoms with E-state index < -0.39 is 0 Å². The molecular weight excluding hydrogens is 362 g/mol. The van der Waals surface area contributed by atoms with Gasteiger partial charge in [0.25, 0.3) is 5.91 Å². The molecule has 134 valence electrons. The van der Waals surface area contributed by atoms with Gasteiger partial charge in [0.2, 0.25) is 5.95 Å². The molecular formula is C20H16ClN5O. The Balaban J connectivity index is 1.80. The van der Waals surface area contributed by atoms with Crippen LogP contribution in [0.25, 0.3) is 0 Å². The zero-order valence-corrected chi connectivity index (χ0v) is 15.5. The first-order chi connectivity index (χ1) is 12.9. The highest BCUT2D eigenvalue weighted by molar-refractivity contribution is 6.31. The fourth-order valence-electron chi connectivity index (χ4n) is 2.36. The number of benzene rings is 2. The fraction of sp³-hybridized carbons (Fsp3) is 0.100. The van der Waals surface area contributed by atoms with Gasteiger partial charge in [-0.05, 0) is 61.9 Å². The number of nitrogens with zero attached hydrogens (tertiary/aromatic N) is 3. The molecule has 0 radical (unpaired) electrons. The Morgan fingerprint density at radius 1 is 1.04 bits per heavy atom. The van der Waals surface area contributed by atoms with Gasteiger partial charge in [-0.1, -0.05) is 17.7 Å². The summed E-state index contributed by atoms with van der Waals surface area (Å²) in [5.41, 5.74) is 3.68. The zero-order valence-electron chi connectivity index (χ0n) is 14.7. The van der Waals surface area contributed by atoms with Crippen LogP contribution in [-0.2, 0) is 0 Å². The second kappa shape index (κ2) is 7.85. The van der Waals surface area contributed by atoms with Gasteiger partial charge in [0.15, 0.2) is 0 Å². The number of carbonyl (C=O) groups is 1. The summed E-state index contributed by atoms with van der Waals surface area (Å²) in [5, 5.41) is 15.3. The van der Waals surface area contributed by atoms with Crippen LogP contribution < -0.4 is 10.6 Å². The lowest BCUT2D eigenvalue weighted by molar-refractivity contribution is 0.102. The molecule has 0 aliphatic heterocycles. The summed E-state index contributed by atoms with van der Waals surface area (Å²) in [4.78, 5) is 21.1. The summed E-state index contributed by atoms with van der Waals surface area (Å²) in [7, 11) is 0. The summed E-state index contributed by atoms with van der Waals surface area (Å²) >= 11 is 6.14. The standard InChI is InChI=1S/C20H16ClN5O/c1-12-3-6-16(10-17(12)21)25-20-23-13(2)9-18(26-20)19(27)24-15-7-4-14(11-22)5-8-15/h3-10H,1-2H3,(H,24,27)(H,23,25,26). The van der Waals surface area contributed by atoms with Gasteiger partial charge in [-0.3, -0.25) is 4.79 Å². The molecule has 27 heavy (non-hydrogen) atoms. The quantitative estimate of drug-likeness (QED) is 0.692. The highest BCUT2D eigenvalue weighted by Crippen LogP contribution is 2.22. The van der Waals surface area contributed by atoms with Crippen LogP contribution >= 0.6 is 11.6 Å². The first kappa shape index (κ1) is 18.4. The molecule has 1 heterocycles. The van der Waals surface area contributed by atoms with Gasteiger partial charge in [-0.25, -0.2) is 9.97 Å². The number of amides is 1. The summed E-state index contributed by atoms with van der Waals surface area (Å²) in [5.74, 6) is -0.0601. The minimum absolute atomic E-state index is 0.229. The van der Waals surface area contributed by atoms with E-state index in [0.717, 1.165) is 11.3 Å². The van der Waals surface area contributed by atoms with Crippen LogP contribution in [0.3, 0.4) is 0 Å². The molecule has 7 heteroatoms. The first-order valence-corrected chi connectivity index (χ1v) is 8.53. The van der Waals surface area contributed by atoms with Crippen molar-refractivity contribution in [2.75, 3.05) is 10.6 Å². The van der Waals surface area contributed by atoms with Crippen molar-refractivity contribution in [1.29, 1.82) is 5.26 Å². The second-order valence-electron chi connectivity index (χ2n) is 5.95. The van der Waals surface area contributed by atoms with Crippen molar-refractivity contribution in [2.24, 2.45) is 0 Å². The van der Waals surface area contributed by atoms with Crippen molar-refractivity contribution in [3.63, 3.8) is 0 Å². The number of halogens is 1. The van der Waals surface area contributed by atoms with Crippen LogP contribution in [0.2, 0.25) is 5.02 Å². The molecule has 0 unspecified atom stereocenters. The van der Waals surface area contributed by atoms with E-state index in [2.05, 4.69) is 20.6 Å². The molecule has 0 aliphatic rings. The Labute approximate surface area is 161 Å². The Kier molecular flexibility index (Phi) is 5.34. The number of rotatable bonds is 4. The third-order valence-electron chi connectivity index (χ3n) is 3.79. The Hall–Kier alpha value is -3.43. The maximum absolute atomic E-state index is 12.5. The number of hydrogen-bond donors (Lipinski definition) is 2. The Morgan fingerprint density at radius 2 is 1.74 bits per heavy atom. The average molecular weight is 378 g/mol. The molecule has 2 N–H and O–H groups in total. The van der Waals surface area contributed by atoms with Crippen LogP contribution in [0.5, 0.6) is 0 Å². The van der Waals surface area contributed by atoms with Gasteiger partial charge < -0.3 is 10.6 Å². The van der Waals surface area contributed by atoms with Gasteiger partial charge in [-0.15, -0.1) is 0 Å². The number of hydrogen-bond acceptors (Lipinski definition) is 5. The lowest BCUT2D eigenvalue weighted by Crippen LogP contribution is -2.15. The first-order valence-electron chi connectivity index (χ1n) is 8.15. The van der Waals surface area contributed by atoms with Gasteiger partial charge >= 0.3 is 0 Å². The van der Waals surface area contributed by atoms with Crippen molar-refractivity contribution >= 4 is 34.8 Å². The number of nitrogens with one attached hydrogen (secondary N) is 2. The Morgan fingerprint density at radius 3 is 2.41 bits per heavy atom. The van der Waals surface area contributed by atoms with Crippen molar-refractivity contribution in [1.82, 2.24) is 9.97 Å². The molecule has 0 fully saturated rings. The molecule has 1 amide bonds. The Bertz CT molecular complexity index is 1040. The predicted octanol–water partition coefficient (Wildman–Crippen LogP) is 4.61. The fourth-order valence-corrected chi connectivity index (χ4v) is 2.54. The lowest BCUT2D eigenvalue weighted by Gasteiger charge is -2.10. The smallest absolute Gasteiger partial charge is 0.274 e. The van der Waals surface area contributed by atoms with Crippen molar-refractivity contribution in [3.8, 4) is 6.07 Å². The molecule has 1 aromatic heterocycles. The number of carbonyl (C=O) groups excluding carboxylic acids is 1. The van der Waals surface area contributed by atoms with Gasteiger partial charge in [-0.2, -0.15) is 5.26 Å². The van der Waals surface area contributed by atoms with Crippen molar-refractivity contribution in [3.05, 3.63) is 76.1 Å². The molecule has 3 aromatic rings. The number of aromatic nitrogens is 2. The molecule has 3 rings (SSSR count). The van der Waals surface area contributed by atoms with Crippen LogP contribution in [0, 0.1) is 25.2 Å². The van der Waals surface area contributed by atoms with E-state index in [-0.39, 0.29) is 11.6 Å². The van der Waals surface area contributed by atoms with Crippen LogP contribution in [-0.4, -0.2) is 15.9 Å². The number of anilines is 3. The minimum Gasteiger partial charge on any atom is -0.324 e. The third kappa shape index (κ3) is 4.60. The van der Waals surface area contributed by atoms with E-state index in [0.29, 0.717) is 27.9 Å². The predicted molar refractivity (Wildman–Crippen MR) is 105 cm³/mol. The van der Waals surface area contributed by atoms with Crippen molar-refractivity contribution < 1.29 is 4.79 Å². The maximum atomic E-state index is 12.5. The van der Waals surface area contributed by atoms with Crippen LogP contribution in [0.1, 0.15) is 27.3 Å². The molecule has 6 nitrogen and oxygen atoms in total. The third-order valence-corrected chi connectivity index (χ3v) is 4.19. The van der Waals surface area contributed by atoms with E-state index in [4.69, 9.17) is 16.9 Å². The van der Waals surface area contributed by atoms with E-state index >= 15 is 0 Å². The topological polar surface area (TPSA) is 90.7 Å². The summed E-state index contributed by atoms with van der Waals surface area (Å²) in [6, 6.07) is 15.8. The SMILES string of the molecule is Cc1cc(C(=O)Nc2ccc(C#N)cc2)nc(Nc2ccc(C)c(Cl)c2)n1. The van der Waals surface area contributed by atoms with E-state index in [9.17, 15) is 4.79 Å². The lowest BCUT2D eigenvalue weighted by atomic mass is 10.2. The molecule has 0 saturated carbocycles. The van der Waals surface area contributed by atoms with Gasteiger partial charge in [0.05, 0.1) is 11.6 Å². The van der Waals surface area contributed by atoms with Gasteiger partial charge in [0.1, 0.15) is 5.69 Å². The zero-order chi connectivity index (χ0) is 19.4. The largest absolute Gasteiger partial charge is 0.324 e. The molecule has 0 spiro atoms. The molecule has 0 aliphatic carbocycles. The normalized spacial score (nSPS) is 10.1. The summed E-state index contributed by atoms with van der Waals surface area (Å²) < 4.78 is 0. The van der Waals surface area contributed by atoms with E-state index in [1.165, 1.54) is 0 Å². The monoisotopic (exact) mass is 377 g/mol. The highest BCUT2D eigenvalue weighted by atomic mass is 35.5. The van der Waals surface area contributed by atoms with E-state index in [1.54, 1.807) is 43.3 Å². The summed E-state index contributed by atoms with van der Waals surface area (Å²) in [6.45, 7) is 3.70. The van der Waals surface area contributed by atoms with E-state index in [1.807, 2.05) is 25.1 Å². The summed E-state index contributed by atoms with van der Waals surface area (Å²) in [6.07, 6.45) is 0. The average Bonchev–Trinajstić information content (AvgIpc) is 2.65. The van der Waals surface area contributed by atoms with Crippen molar-refractivity contribution in [2.45, 2.75) is 13.8 Å². The molecule has 0 atom stereocenters. The molecule has 0 saturated heterocycles. The van der Waals surface area contributed by atoms with Crippen LogP contribution in [0.4, 0.5) is 17.3 Å². The minimum atomic E-state index is -0.366. The van der Waals surface area contributed by atoms with Crippen LogP contribution in [0.15, 0.2) is 48.5 Å². The highest BCUT2D eigenvalue weighted by Gasteiger charge is 2.12.